The van der Waals surface area contributed by atoms with Gasteiger partial charge in [0.15, 0.2) is 8.32 Å². The lowest BCUT2D eigenvalue weighted by atomic mass is 9.88. The molecule has 4 atom stereocenters. The molecule has 0 saturated heterocycles. The lowest BCUT2D eigenvalue weighted by molar-refractivity contribution is -0.115. The Morgan fingerprint density at radius 2 is 1.71 bits per heavy atom. The molecule has 0 aliphatic carbocycles. The Hall–Kier alpha value is -0.243. The number of hydrogen-bond acceptors (Lipinski definition) is 5. The van der Waals surface area contributed by atoms with Crippen LogP contribution in [0.25, 0.3) is 0 Å². The third-order valence-electron chi connectivity index (χ3n) is 3.20. The SMILES string of the molecule is CCC[C@@H](OS(C)(=O)=O)[C@H](C)[C@H](O[Si](C)(C)C)[C@H](C)C=O. The van der Waals surface area contributed by atoms with Crippen molar-refractivity contribution in [2.24, 2.45) is 11.8 Å². The molecular formula is C14H30O5SSi. The first-order chi connectivity index (χ1) is 9.41. The molecule has 5 nitrogen and oxygen atoms in total. The van der Waals surface area contributed by atoms with Gasteiger partial charge in [0.1, 0.15) is 6.29 Å². The van der Waals surface area contributed by atoms with Crippen LogP contribution in [0.1, 0.15) is 33.6 Å². The van der Waals surface area contributed by atoms with Crippen LogP contribution in [-0.2, 0) is 23.5 Å². The second-order valence-corrected chi connectivity index (χ2v) is 12.7. The van der Waals surface area contributed by atoms with Crippen LogP contribution in [-0.4, -0.2) is 41.5 Å². The molecular weight excluding hydrogens is 308 g/mol. The van der Waals surface area contributed by atoms with Crippen molar-refractivity contribution < 1.29 is 21.8 Å². The monoisotopic (exact) mass is 338 g/mol. The zero-order valence-electron chi connectivity index (χ0n) is 14.3. The predicted octanol–water partition coefficient (Wildman–Crippen LogP) is 2.82. The van der Waals surface area contributed by atoms with E-state index < -0.39 is 24.5 Å². The fraction of sp³-hybridized carbons (Fsp3) is 0.929. The Kier molecular flexibility index (Phi) is 8.31. The van der Waals surface area contributed by atoms with E-state index in [0.717, 1.165) is 19.0 Å². The predicted molar refractivity (Wildman–Crippen MR) is 87.2 cm³/mol. The Balaban J connectivity index is 5.27. The maximum atomic E-state index is 11.4. The summed E-state index contributed by atoms with van der Waals surface area (Å²) in [4.78, 5) is 11.2. The maximum absolute atomic E-state index is 11.4. The zero-order valence-corrected chi connectivity index (χ0v) is 16.1. The molecule has 0 aliphatic heterocycles. The van der Waals surface area contributed by atoms with Crippen LogP contribution in [0.4, 0.5) is 0 Å². The van der Waals surface area contributed by atoms with Gasteiger partial charge in [-0.2, -0.15) is 8.42 Å². The van der Waals surface area contributed by atoms with Crippen LogP contribution in [0.15, 0.2) is 0 Å². The topological polar surface area (TPSA) is 69.7 Å². The lowest BCUT2D eigenvalue weighted by Crippen LogP contribution is -2.44. The van der Waals surface area contributed by atoms with E-state index in [-0.39, 0.29) is 17.9 Å². The van der Waals surface area contributed by atoms with Gasteiger partial charge in [-0.05, 0) is 26.1 Å². The minimum atomic E-state index is -3.53. The van der Waals surface area contributed by atoms with Crippen molar-refractivity contribution in [1.29, 1.82) is 0 Å². The van der Waals surface area contributed by atoms with E-state index in [1.807, 2.05) is 13.8 Å². The smallest absolute Gasteiger partial charge is 0.264 e. The highest BCUT2D eigenvalue weighted by molar-refractivity contribution is 7.86. The summed E-state index contributed by atoms with van der Waals surface area (Å²) >= 11 is 0. The highest BCUT2D eigenvalue weighted by atomic mass is 32.2. The molecule has 0 aliphatic rings. The number of rotatable bonds is 10. The van der Waals surface area contributed by atoms with Gasteiger partial charge in [0.05, 0.1) is 18.5 Å². The van der Waals surface area contributed by atoms with Gasteiger partial charge in [-0.25, -0.2) is 0 Å². The van der Waals surface area contributed by atoms with Crippen LogP contribution in [0.3, 0.4) is 0 Å². The Morgan fingerprint density at radius 3 is 2.05 bits per heavy atom. The van der Waals surface area contributed by atoms with Crippen LogP contribution < -0.4 is 0 Å². The summed E-state index contributed by atoms with van der Waals surface area (Å²) in [7, 11) is -5.39. The normalized spacial score (nSPS) is 18.8. The van der Waals surface area contributed by atoms with E-state index in [0.29, 0.717) is 6.42 Å². The largest absolute Gasteiger partial charge is 0.414 e. The summed E-state index contributed by atoms with van der Waals surface area (Å²) in [5.74, 6) is -0.471. The first-order valence-corrected chi connectivity index (χ1v) is 12.6. The quantitative estimate of drug-likeness (QED) is 0.348. The van der Waals surface area contributed by atoms with Crippen molar-refractivity contribution in [3.05, 3.63) is 0 Å². The van der Waals surface area contributed by atoms with Gasteiger partial charge in [0.2, 0.25) is 0 Å². The molecule has 0 spiro atoms. The first kappa shape index (κ1) is 20.8. The number of hydrogen-bond donors (Lipinski definition) is 0. The van der Waals surface area contributed by atoms with E-state index in [9.17, 15) is 13.2 Å². The molecule has 0 amide bonds. The minimum absolute atomic E-state index is 0.174. The second-order valence-electron chi connectivity index (χ2n) is 6.68. The fourth-order valence-corrected chi connectivity index (χ4v) is 4.26. The average Bonchev–Trinajstić information content (AvgIpc) is 2.31. The van der Waals surface area contributed by atoms with Crippen molar-refractivity contribution in [2.45, 2.75) is 65.5 Å². The van der Waals surface area contributed by atoms with Gasteiger partial charge in [-0.3, -0.25) is 4.18 Å². The summed E-state index contributed by atoms with van der Waals surface area (Å²) in [6.45, 7) is 11.8. The van der Waals surface area contributed by atoms with E-state index in [2.05, 4.69) is 19.6 Å². The first-order valence-electron chi connectivity index (χ1n) is 7.42. The van der Waals surface area contributed by atoms with Gasteiger partial charge in [-0.15, -0.1) is 0 Å². The van der Waals surface area contributed by atoms with Crippen molar-refractivity contribution >= 4 is 24.7 Å². The van der Waals surface area contributed by atoms with Crippen molar-refractivity contribution in [1.82, 2.24) is 0 Å². The summed E-state index contributed by atoms with van der Waals surface area (Å²) in [5.41, 5.74) is 0. The molecule has 0 radical (unpaired) electrons. The van der Waals surface area contributed by atoms with Gasteiger partial charge in [-0.1, -0.05) is 27.2 Å². The fourth-order valence-electron chi connectivity index (χ4n) is 2.30. The van der Waals surface area contributed by atoms with Gasteiger partial charge in [0, 0.05) is 11.8 Å². The molecule has 0 rings (SSSR count). The lowest BCUT2D eigenvalue weighted by Gasteiger charge is -2.36. The molecule has 126 valence electrons. The van der Waals surface area contributed by atoms with Crippen LogP contribution in [0, 0.1) is 11.8 Å². The molecule has 7 heteroatoms. The third kappa shape index (κ3) is 8.70. The Morgan fingerprint density at radius 1 is 1.19 bits per heavy atom. The molecule has 0 heterocycles. The highest BCUT2D eigenvalue weighted by Gasteiger charge is 2.35. The molecule has 0 aromatic rings. The summed E-state index contributed by atoms with van der Waals surface area (Å²) in [5, 5.41) is 0. The molecule has 0 bridgehead atoms. The van der Waals surface area contributed by atoms with Crippen LogP contribution in [0.5, 0.6) is 0 Å². The standard InChI is InChI=1S/C14H30O5SSi/c1-8-9-13(18-20(4,16)17)12(3)14(11(2)10-15)19-21(5,6)7/h10-14H,8-9H2,1-7H3/t11-,12+,13-,14-/m1/s1. The molecule has 0 aromatic heterocycles. The number of carbonyl (C=O) groups is 1. The molecule has 21 heavy (non-hydrogen) atoms. The third-order valence-corrected chi connectivity index (χ3v) is 4.77. The second kappa shape index (κ2) is 8.41. The van der Waals surface area contributed by atoms with Gasteiger partial charge < -0.3 is 9.22 Å². The number of aldehydes is 1. The van der Waals surface area contributed by atoms with Gasteiger partial charge in [0.25, 0.3) is 10.1 Å². The zero-order chi connectivity index (χ0) is 16.8. The summed E-state index contributed by atoms with van der Waals surface area (Å²) in [6.07, 6.45) is 2.55. The van der Waals surface area contributed by atoms with E-state index in [1.165, 1.54) is 0 Å². The Bertz CT molecular complexity index is 416. The molecule has 0 N–H and O–H groups in total. The van der Waals surface area contributed by atoms with E-state index in [4.69, 9.17) is 8.61 Å². The summed E-state index contributed by atoms with van der Waals surface area (Å²) < 4.78 is 34.2. The molecule has 0 fully saturated rings. The van der Waals surface area contributed by atoms with Crippen LogP contribution in [0.2, 0.25) is 19.6 Å². The number of carbonyl (C=O) groups excluding carboxylic acids is 1. The average molecular weight is 339 g/mol. The summed E-state index contributed by atoms with van der Waals surface area (Å²) in [6, 6.07) is 0. The highest BCUT2D eigenvalue weighted by Crippen LogP contribution is 2.27. The minimum Gasteiger partial charge on any atom is -0.414 e. The van der Waals surface area contributed by atoms with Crippen molar-refractivity contribution in [3.8, 4) is 0 Å². The van der Waals surface area contributed by atoms with Crippen molar-refractivity contribution in [3.63, 3.8) is 0 Å². The molecule has 0 aromatic carbocycles. The van der Waals surface area contributed by atoms with Crippen molar-refractivity contribution in [2.75, 3.05) is 6.26 Å². The van der Waals surface area contributed by atoms with E-state index >= 15 is 0 Å². The van der Waals surface area contributed by atoms with E-state index in [1.54, 1.807) is 6.92 Å². The Labute approximate surface area is 130 Å². The molecule has 0 saturated carbocycles. The maximum Gasteiger partial charge on any atom is 0.264 e. The molecule has 0 unspecified atom stereocenters. The van der Waals surface area contributed by atoms with Crippen LogP contribution >= 0.6 is 0 Å². The van der Waals surface area contributed by atoms with Gasteiger partial charge >= 0.3 is 0 Å².